The summed E-state index contributed by atoms with van der Waals surface area (Å²) in [5.41, 5.74) is 9.26. The summed E-state index contributed by atoms with van der Waals surface area (Å²) in [6.45, 7) is 2.37. The standard InChI is InChI=1S/C16H25NO/c1-2-15(17)16(11-12-18)10-6-5-8-13-7-3-4-9-14(13)16/h3-4,7,9,15,18H,2,5-6,8,10-12,17H2,1H3. The van der Waals surface area contributed by atoms with Gasteiger partial charge < -0.3 is 10.8 Å². The Hall–Kier alpha value is -0.860. The molecule has 0 aliphatic heterocycles. The van der Waals surface area contributed by atoms with Gasteiger partial charge in [0, 0.05) is 18.1 Å². The number of aliphatic hydroxyl groups excluding tert-OH is 1. The summed E-state index contributed by atoms with van der Waals surface area (Å²) in [5.74, 6) is 0. The van der Waals surface area contributed by atoms with E-state index in [4.69, 9.17) is 5.73 Å². The Kier molecular flexibility index (Phi) is 4.41. The topological polar surface area (TPSA) is 46.2 Å². The van der Waals surface area contributed by atoms with Crippen LogP contribution in [-0.2, 0) is 11.8 Å². The van der Waals surface area contributed by atoms with E-state index in [0.717, 1.165) is 25.7 Å². The monoisotopic (exact) mass is 247 g/mol. The summed E-state index contributed by atoms with van der Waals surface area (Å²) >= 11 is 0. The summed E-state index contributed by atoms with van der Waals surface area (Å²) in [5, 5.41) is 9.49. The molecule has 3 N–H and O–H groups in total. The number of aryl methyl sites for hydroxylation is 1. The minimum atomic E-state index is -0.0173. The van der Waals surface area contributed by atoms with Crippen LogP contribution in [0.4, 0.5) is 0 Å². The van der Waals surface area contributed by atoms with Crippen LogP contribution in [0.25, 0.3) is 0 Å². The molecule has 1 aliphatic rings. The van der Waals surface area contributed by atoms with Crippen molar-refractivity contribution in [3.63, 3.8) is 0 Å². The minimum absolute atomic E-state index is 0.0173. The Morgan fingerprint density at radius 3 is 2.83 bits per heavy atom. The molecule has 0 amide bonds. The van der Waals surface area contributed by atoms with Gasteiger partial charge in [0.1, 0.15) is 0 Å². The fraction of sp³-hybridized carbons (Fsp3) is 0.625. The highest BCUT2D eigenvalue weighted by atomic mass is 16.3. The van der Waals surface area contributed by atoms with Gasteiger partial charge >= 0.3 is 0 Å². The molecule has 2 unspecified atom stereocenters. The van der Waals surface area contributed by atoms with Crippen molar-refractivity contribution in [2.24, 2.45) is 5.73 Å². The number of benzene rings is 1. The molecule has 0 saturated carbocycles. The lowest BCUT2D eigenvalue weighted by molar-refractivity contribution is 0.201. The Balaban J connectivity index is 2.50. The average molecular weight is 247 g/mol. The van der Waals surface area contributed by atoms with E-state index in [1.165, 1.54) is 24.0 Å². The normalized spacial score (nSPS) is 25.3. The van der Waals surface area contributed by atoms with E-state index in [1.807, 2.05) is 0 Å². The molecule has 18 heavy (non-hydrogen) atoms. The quantitative estimate of drug-likeness (QED) is 0.804. The first-order chi connectivity index (χ1) is 8.74. The molecule has 2 heteroatoms. The molecule has 1 aliphatic carbocycles. The molecule has 2 nitrogen and oxygen atoms in total. The molecule has 1 aromatic carbocycles. The van der Waals surface area contributed by atoms with Gasteiger partial charge in [0.25, 0.3) is 0 Å². The van der Waals surface area contributed by atoms with Gasteiger partial charge in [-0.25, -0.2) is 0 Å². The molecule has 100 valence electrons. The highest BCUT2D eigenvalue weighted by molar-refractivity contribution is 5.37. The second-order valence-corrected chi connectivity index (χ2v) is 5.51. The molecular formula is C16H25NO. The zero-order chi connectivity index (χ0) is 13.0. The highest BCUT2D eigenvalue weighted by Gasteiger charge is 2.39. The van der Waals surface area contributed by atoms with E-state index in [2.05, 4.69) is 31.2 Å². The highest BCUT2D eigenvalue weighted by Crippen LogP contribution is 2.41. The summed E-state index contributed by atoms with van der Waals surface area (Å²) in [6, 6.07) is 8.83. The van der Waals surface area contributed by atoms with Crippen molar-refractivity contribution in [3.8, 4) is 0 Å². The lowest BCUT2D eigenvalue weighted by Gasteiger charge is -2.39. The van der Waals surface area contributed by atoms with Crippen molar-refractivity contribution < 1.29 is 5.11 Å². The van der Waals surface area contributed by atoms with Gasteiger partial charge in [0.05, 0.1) is 0 Å². The van der Waals surface area contributed by atoms with Crippen molar-refractivity contribution in [3.05, 3.63) is 35.4 Å². The first kappa shape index (κ1) is 13.6. The molecule has 1 aromatic rings. The van der Waals surface area contributed by atoms with Crippen molar-refractivity contribution in [2.45, 2.75) is 56.9 Å². The minimum Gasteiger partial charge on any atom is -0.396 e. The van der Waals surface area contributed by atoms with Gasteiger partial charge in [-0.1, -0.05) is 37.6 Å². The number of hydrogen-bond acceptors (Lipinski definition) is 2. The van der Waals surface area contributed by atoms with Gasteiger partial charge in [-0.05, 0) is 43.2 Å². The molecule has 0 aromatic heterocycles. The lowest BCUT2D eigenvalue weighted by atomic mass is 9.68. The fourth-order valence-electron chi connectivity index (χ4n) is 3.54. The summed E-state index contributed by atoms with van der Waals surface area (Å²) in [4.78, 5) is 0. The zero-order valence-electron chi connectivity index (χ0n) is 11.4. The van der Waals surface area contributed by atoms with Crippen LogP contribution in [0.5, 0.6) is 0 Å². The third kappa shape index (κ3) is 2.32. The molecule has 2 atom stereocenters. The number of nitrogens with two attached hydrogens (primary N) is 1. The molecule has 0 heterocycles. The van der Waals surface area contributed by atoms with Crippen LogP contribution in [0.3, 0.4) is 0 Å². The predicted molar refractivity (Wildman–Crippen MR) is 75.6 cm³/mol. The van der Waals surface area contributed by atoms with E-state index in [1.54, 1.807) is 0 Å². The van der Waals surface area contributed by atoms with Gasteiger partial charge in [-0.2, -0.15) is 0 Å². The van der Waals surface area contributed by atoms with Gasteiger partial charge in [-0.3, -0.25) is 0 Å². The average Bonchev–Trinajstić information content (AvgIpc) is 2.59. The third-order valence-corrected chi connectivity index (χ3v) is 4.58. The molecule has 2 rings (SSSR count). The van der Waals surface area contributed by atoms with Gasteiger partial charge in [0.15, 0.2) is 0 Å². The molecular weight excluding hydrogens is 222 g/mol. The first-order valence-corrected chi connectivity index (χ1v) is 7.19. The fourth-order valence-corrected chi connectivity index (χ4v) is 3.54. The van der Waals surface area contributed by atoms with Crippen molar-refractivity contribution in [1.29, 1.82) is 0 Å². The van der Waals surface area contributed by atoms with Crippen LogP contribution < -0.4 is 5.73 Å². The second kappa shape index (κ2) is 5.85. The van der Waals surface area contributed by atoms with Crippen molar-refractivity contribution >= 4 is 0 Å². The van der Waals surface area contributed by atoms with Crippen LogP contribution in [0, 0.1) is 0 Å². The van der Waals surface area contributed by atoms with E-state index >= 15 is 0 Å². The number of rotatable bonds is 4. The summed E-state index contributed by atoms with van der Waals surface area (Å²) in [6.07, 6.45) is 6.47. The molecule has 0 radical (unpaired) electrons. The van der Waals surface area contributed by atoms with Crippen molar-refractivity contribution in [2.75, 3.05) is 6.61 Å². The van der Waals surface area contributed by atoms with E-state index < -0.39 is 0 Å². The van der Waals surface area contributed by atoms with E-state index in [0.29, 0.717) is 0 Å². The Morgan fingerprint density at radius 2 is 2.11 bits per heavy atom. The van der Waals surface area contributed by atoms with E-state index in [9.17, 15) is 5.11 Å². The third-order valence-electron chi connectivity index (χ3n) is 4.58. The lowest BCUT2D eigenvalue weighted by Crippen LogP contribution is -2.46. The Bertz CT molecular complexity index is 390. The summed E-state index contributed by atoms with van der Waals surface area (Å²) < 4.78 is 0. The SMILES string of the molecule is CCC(N)C1(CCO)CCCCc2ccccc21. The maximum absolute atomic E-state index is 9.49. The van der Waals surface area contributed by atoms with Crippen molar-refractivity contribution in [1.82, 2.24) is 0 Å². The van der Waals surface area contributed by atoms with Crippen LogP contribution in [0.1, 0.15) is 50.2 Å². The van der Waals surface area contributed by atoms with Crippen LogP contribution in [0.2, 0.25) is 0 Å². The maximum atomic E-state index is 9.49. The zero-order valence-corrected chi connectivity index (χ0v) is 11.4. The molecule has 0 bridgehead atoms. The number of hydrogen-bond donors (Lipinski definition) is 2. The van der Waals surface area contributed by atoms with Crippen LogP contribution >= 0.6 is 0 Å². The van der Waals surface area contributed by atoms with Crippen LogP contribution in [-0.4, -0.2) is 17.8 Å². The first-order valence-electron chi connectivity index (χ1n) is 7.19. The smallest absolute Gasteiger partial charge is 0.0440 e. The Morgan fingerprint density at radius 1 is 1.33 bits per heavy atom. The second-order valence-electron chi connectivity index (χ2n) is 5.51. The number of fused-ring (bicyclic) bond motifs is 1. The van der Waals surface area contributed by atoms with E-state index in [-0.39, 0.29) is 18.1 Å². The number of aliphatic hydroxyl groups is 1. The predicted octanol–water partition coefficient (Wildman–Crippen LogP) is 2.77. The maximum Gasteiger partial charge on any atom is 0.0440 e. The van der Waals surface area contributed by atoms with Gasteiger partial charge in [-0.15, -0.1) is 0 Å². The molecule has 0 fully saturated rings. The summed E-state index contributed by atoms with van der Waals surface area (Å²) in [7, 11) is 0. The van der Waals surface area contributed by atoms with Crippen LogP contribution in [0.15, 0.2) is 24.3 Å². The largest absolute Gasteiger partial charge is 0.396 e. The van der Waals surface area contributed by atoms with Gasteiger partial charge in [0.2, 0.25) is 0 Å². The molecule has 0 spiro atoms. The Labute approximate surface area is 110 Å². The molecule has 0 saturated heterocycles.